The van der Waals surface area contributed by atoms with E-state index in [0.717, 1.165) is 16.6 Å². The maximum atomic E-state index is 9.50. The number of hydrogen-bond donors (Lipinski definition) is 0. The molecule has 0 radical (unpaired) electrons. The number of aryl methyl sites for hydroxylation is 1. The second-order valence-corrected chi connectivity index (χ2v) is 19.2. The van der Waals surface area contributed by atoms with Crippen LogP contribution in [0.5, 0.6) is 11.5 Å². The van der Waals surface area contributed by atoms with Crippen molar-refractivity contribution in [3.8, 4) is 56.4 Å². The number of hydrogen-bond acceptors (Lipinski definition) is 2. The van der Waals surface area contributed by atoms with Gasteiger partial charge < -0.3 is 18.4 Å². The molecule has 3 heterocycles. The van der Waals surface area contributed by atoms with Crippen LogP contribution >= 0.6 is 0 Å². The van der Waals surface area contributed by atoms with Crippen LogP contribution in [0, 0.1) is 18.5 Å². The van der Waals surface area contributed by atoms with E-state index >= 15 is 0 Å². The quantitative estimate of drug-likeness (QED) is 0.0694. The van der Waals surface area contributed by atoms with Crippen LogP contribution in [0.15, 0.2) is 218 Å². The van der Waals surface area contributed by atoms with Crippen molar-refractivity contribution in [1.29, 1.82) is 0 Å². The fourth-order valence-corrected chi connectivity index (χ4v) is 10.3. The predicted octanol–water partition coefficient (Wildman–Crippen LogP) is 16.4. The number of nitrogens with zero attached hydrogens (tertiary/aromatic N) is 4. The molecule has 0 atom stereocenters. The molecule has 0 N–H and O–H groups in total. The topological polar surface area (TPSA) is 35.9 Å². The van der Waals surface area contributed by atoms with Gasteiger partial charge in [0.05, 0.1) is 42.3 Å². The first-order valence-electron chi connectivity index (χ1n) is 33.4. The zero-order valence-electron chi connectivity index (χ0n) is 58.8. The van der Waals surface area contributed by atoms with Gasteiger partial charge in [-0.2, -0.15) is 12.1 Å². The van der Waals surface area contributed by atoms with Gasteiger partial charge in [0.1, 0.15) is 5.82 Å². The number of ether oxygens (including phenoxy) is 1. The fraction of sp³-hybridized carbons (Fsp3) is 0.130. The molecule has 13 rings (SSSR count). The Morgan fingerprint density at radius 1 is 0.613 bits per heavy atom. The third kappa shape index (κ3) is 8.79. The summed E-state index contributed by atoms with van der Waals surface area (Å²) in [5, 5.41) is 1.30. The maximum absolute atomic E-state index is 9.50. The Morgan fingerprint density at radius 2 is 1.25 bits per heavy atom. The Kier molecular flexibility index (Phi) is 8.41. The standard InChI is InChI=1S/C69H54N4O.Pt/c1-69(2,3)49-39-40-70-66(42-49)73-62-36-15-14-33-60(62)68-61(67-58-31-12-10-28-56(58)57-29-11-13-32-59(57)67)44-52(45-65(68)73)74-51-27-20-26-50(43-51)72-46-71(63-37-16-17-38-64(63)72)41-19-18-30-55-53(47-22-6-4-7-23-47)34-21-35-54(55)48-24-8-5-9-25-48;/h4-17,20-29,31-40,42,44,67H,18-19,30,41H2,1-3H3;/q-2;/i4D,5D,6D,7D,8D,9D,10D,11D,12D,13D,22D,23D,24D,25D,28D,29D,31D,32D;. The van der Waals surface area contributed by atoms with Gasteiger partial charge in [-0.05, 0) is 104 Å². The molecule has 0 spiro atoms. The van der Waals surface area contributed by atoms with E-state index in [1.807, 2.05) is 80.4 Å². The summed E-state index contributed by atoms with van der Waals surface area (Å²) >= 11 is 0. The number of unbranched alkanes of at least 4 members (excludes halogenated alkanes) is 1. The van der Waals surface area contributed by atoms with Gasteiger partial charge in [0.2, 0.25) is 6.33 Å². The van der Waals surface area contributed by atoms with Crippen LogP contribution in [0.2, 0.25) is 0 Å². The SMILES string of the molecule is [2H]c1c([2H])c([2H])c(-c2cccc(-c3c([2H])c([2H])c([2H])c([2H])c3[2H])c2CCCC[n+]2[c-]n(-c3[c-]c(Oc4[c-]c5c(c(C6c7c([2H])c([2H])c([2H])c([2H])c7-c7c([2H])c([2H])c([2H])c([2H])c76)c4)c4ccccc4n5-c4cc(C(C)(C)C)ccn4)ccc3)c3ccccc32)c([2H])c1[2H].[Pt]. The average molecular weight is 1170 g/mol. The second-order valence-electron chi connectivity index (χ2n) is 19.2. The van der Waals surface area contributed by atoms with Crippen molar-refractivity contribution >= 4 is 32.8 Å². The molecule has 0 aliphatic heterocycles. The summed E-state index contributed by atoms with van der Waals surface area (Å²) in [6, 6.07) is 29.3. The minimum atomic E-state index is -1.18. The van der Waals surface area contributed by atoms with E-state index < -0.39 is 115 Å². The summed E-state index contributed by atoms with van der Waals surface area (Å²) in [5.74, 6) is -0.246. The monoisotopic (exact) mass is 1170 g/mol. The number of fused-ring (bicyclic) bond motifs is 7. The van der Waals surface area contributed by atoms with Crippen molar-refractivity contribution in [2.24, 2.45) is 0 Å². The van der Waals surface area contributed by atoms with Crippen LogP contribution in [0.3, 0.4) is 0 Å². The molecule has 0 saturated heterocycles. The second kappa shape index (κ2) is 20.0. The van der Waals surface area contributed by atoms with Crippen molar-refractivity contribution < 1.29 is 55.0 Å². The number of imidazole rings is 1. The molecule has 9 aromatic carbocycles. The van der Waals surface area contributed by atoms with E-state index in [1.54, 1.807) is 42.6 Å². The molecule has 1 aliphatic carbocycles. The smallest absolute Gasteiger partial charge is 0.242 e. The van der Waals surface area contributed by atoms with Gasteiger partial charge in [-0.25, -0.2) is 4.98 Å². The molecule has 12 aromatic rings. The molecule has 5 nitrogen and oxygen atoms in total. The number of pyridine rings is 1. The molecule has 75 heavy (non-hydrogen) atoms. The van der Waals surface area contributed by atoms with Gasteiger partial charge in [0, 0.05) is 50.2 Å². The Bertz CT molecular complexity index is 4940. The Hall–Kier alpha value is -8.11. The summed E-state index contributed by atoms with van der Waals surface area (Å²) in [6.45, 7) is 6.70. The third-order valence-corrected chi connectivity index (χ3v) is 13.7. The molecular weight excluding hydrogens is 1100 g/mol. The van der Waals surface area contributed by atoms with Gasteiger partial charge in [0.25, 0.3) is 0 Å². The van der Waals surface area contributed by atoms with Crippen LogP contribution < -0.4 is 9.30 Å². The Balaban J connectivity index is 0.00000832. The molecular formula is C69H54N4OPt-2. The normalized spacial score (nSPS) is 15.6. The average Bonchev–Trinajstić information content (AvgIpc) is 1.55. The van der Waals surface area contributed by atoms with Gasteiger partial charge in [-0.1, -0.05) is 207 Å². The molecule has 6 heteroatoms. The van der Waals surface area contributed by atoms with E-state index in [1.165, 1.54) is 0 Å². The summed E-state index contributed by atoms with van der Waals surface area (Å²) in [6.07, 6.45) is 6.39. The van der Waals surface area contributed by atoms with Gasteiger partial charge >= 0.3 is 0 Å². The van der Waals surface area contributed by atoms with E-state index in [-0.39, 0.29) is 88.9 Å². The predicted molar refractivity (Wildman–Crippen MR) is 300 cm³/mol. The Morgan fingerprint density at radius 3 is 1.96 bits per heavy atom. The maximum Gasteiger partial charge on any atom is 0.242 e. The van der Waals surface area contributed by atoms with Crippen LogP contribution in [0.4, 0.5) is 0 Å². The summed E-state index contributed by atoms with van der Waals surface area (Å²) in [4.78, 5) is 4.90. The first kappa shape index (κ1) is 31.6. The van der Waals surface area contributed by atoms with Crippen molar-refractivity contribution in [3.05, 3.63) is 264 Å². The molecule has 3 aromatic heterocycles. The van der Waals surface area contributed by atoms with E-state index in [9.17, 15) is 5.48 Å². The van der Waals surface area contributed by atoms with Crippen molar-refractivity contribution in [2.75, 3.05) is 0 Å². The minimum Gasteiger partial charge on any atom is -0.510 e. The summed E-state index contributed by atoms with van der Waals surface area (Å²) in [7, 11) is 0. The van der Waals surface area contributed by atoms with E-state index in [2.05, 4.69) is 39.2 Å². The van der Waals surface area contributed by atoms with Crippen molar-refractivity contribution in [3.63, 3.8) is 0 Å². The van der Waals surface area contributed by atoms with Crippen LogP contribution in [-0.2, 0) is 39.4 Å². The number of benzene rings is 9. The molecule has 0 unspecified atom stereocenters. The molecule has 0 saturated carbocycles. The fourth-order valence-electron chi connectivity index (χ4n) is 10.3. The summed E-state index contributed by atoms with van der Waals surface area (Å²) < 4.78 is 172. The zero-order valence-corrected chi connectivity index (χ0v) is 43.1. The molecule has 0 bridgehead atoms. The van der Waals surface area contributed by atoms with Crippen molar-refractivity contribution in [1.82, 2.24) is 14.1 Å². The number of para-hydroxylation sites is 3. The van der Waals surface area contributed by atoms with Crippen LogP contribution in [0.25, 0.3) is 77.7 Å². The summed E-state index contributed by atoms with van der Waals surface area (Å²) in [5.41, 5.74) is 5.43. The van der Waals surface area contributed by atoms with Gasteiger partial charge in [0.15, 0.2) is 0 Å². The minimum absolute atomic E-state index is 0. The molecule has 0 amide bonds. The van der Waals surface area contributed by atoms with Gasteiger partial charge in [-0.15, -0.1) is 29.8 Å². The largest absolute Gasteiger partial charge is 0.510 e. The van der Waals surface area contributed by atoms with Crippen LogP contribution in [-0.4, -0.2) is 14.1 Å². The zero-order chi connectivity index (χ0) is 65.4. The van der Waals surface area contributed by atoms with E-state index in [0.29, 0.717) is 63.8 Å². The van der Waals surface area contributed by atoms with Crippen LogP contribution in [0.1, 0.15) is 92.0 Å². The molecule has 0 fully saturated rings. The van der Waals surface area contributed by atoms with Gasteiger partial charge in [-0.3, -0.25) is 0 Å². The molecule has 1 aliphatic rings. The van der Waals surface area contributed by atoms with E-state index in [4.69, 9.17) is 28.9 Å². The van der Waals surface area contributed by atoms with Crippen molar-refractivity contribution in [2.45, 2.75) is 57.9 Å². The number of rotatable bonds is 12. The number of aromatic nitrogens is 4. The third-order valence-electron chi connectivity index (χ3n) is 13.7. The first-order valence-corrected chi connectivity index (χ1v) is 24.4. The Labute approximate surface area is 478 Å². The molecule has 368 valence electrons. The first-order chi connectivity index (χ1) is 43.8.